The van der Waals surface area contributed by atoms with Gasteiger partial charge in [0.1, 0.15) is 6.10 Å². The molecule has 0 bridgehead atoms. The van der Waals surface area contributed by atoms with Crippen LogP contribution in [-0.2, 0) is 11.2 Å². The standard InChI is InChI=1S/C23H30N2O4/c1-24-14-12-20(13-15-24)29-23(26)25(19-7-5-4-6-8-19)16-11-18-9-10-21(27-2)22(17-18)28-3/h4-10,17,20H,11-16H2,1-3H3. The van der Waals surface area contributed by atoms with E-state index < -0.39 is 0 Å². The summed E-state index contributed by atoms with van der Waals surface area (Å²) in [6.07, 6.45) is 2.12. The molecule has 1 amide bonds. The summed E-state index contributed by atoms with van der Waals surface area (Å²) in [5, 5.41) is 0. The molecule has 2 aromatic rings. The van der Waals surface area contributed by atoms with Crippen LogP contribution >= 0.6 is 0 Å². The van der Waals surface area contributed by atoms with E-state index in [0.717, 1.165) is 37.2 Å². The summed E-state index contributed by atoms with van der Waals surface area (Å²) < 4.78 is 16.5. The second kappa shape index (κ2) is 10.2. The molecule has 6 nitrogen and oxygen atoms in total. The number of carbonyl (C=O) groups excluding carboxylic acids is 1. The minimum atomic E-state index is -0.286. The number of nitrogens with zero attached hydrogens (tertiary/aromatic N) is 2. The van der Waals surface area contributed by atoms with Crippen LogP contribution in [0.1, 0.15) is 18.4 Å². The maximum Gasteiger partial charge on any atom is 0.414 e. The molecule has 0 N–H and O–H groups in total. The van der Waals surface area contributed by atoms with E-state index in [1.807, 2.05) is 48.5 Å². The third kappa shape index (κ3) is 5.64. The molecule has 0 aromatic heterocycles. The van der Waals surface area contributed by atoms with Crippen LogP contribution in [0.5, 0.6) is 11.5 Å². The van der Waals surface area contributed by atoms with Crippen LogP contribution in [0.2, 0.25) is 0 Å². The molecule has 1 aliphatic rings. The highest BCUT2D eigenvalue weighted by Crippen LogP contribution is 2.28. The van der Waals surface area contributed by atoms with Gasteiger partial charge in [0.25, 0.3) is 0 Å². The zero-order valence-corrected chi connectivity index (χ0v) is 17.5. The SMILES string of the molecule is COc1ccc(CCN(C(=O)OC2CCN(C)CC2)c2ccccc2)cc1OC. The lowest BCUT2D eigenvalue weighted by Gasteiger charge is -2.31. The average Bonchev–Trinajstić information content (AvgIpc) is 2.76. The van der Waals surface area contributed by atoms with Crippen LogP contribution in [0, 0.1) is 0 Å². The van der Waals surface area contributed by atoms with Crippen LogP contribution in [0.15, 0.2) is 48.5 Å². The monoisotopic (exact) mass is 398 g/mol. The summed E-state index contributed by atoms with van der Waals surface area (Å²) in [5.41, 5.74) is 1.90. The van der Waals surface area contributed by atoms with Crippen molar-refractivity contribution in [1.29, 1.82) is 0 Å². The Kier molecular flexibility index (Phi) is 7.36. The molecule has 0 unspecified atom stereocenters. The molecule has 0 atom stereocenters. The van der Waals surface area contributed by atoms with Gasteiger partial charge in [0.2, 0.25) is 0 Å². The number of para-hydroxylation sites is 1. The predicted molar refractivity (Wildman–Crippen MR) is 114 cm³/mol. The van der Waals surface area contributed by atoms with Gasteiger partial charge in [-0.15, -0.1) is 0 Å². The van der Waals surface area contributed by atoms with Gasteiger partial charge in [0, 0.05) is 25.3 Å². The first-order chi connectivity index (χ1) is 14.1. The van der Waals surface area contributed by atoms with Crippen LogP contribution in [0.3, 0.4) is 0 Å². The highest BCUT2D eigenvalue weighted by molar-refractivity contribution is 5.87. The predicted octanol–water partition coefficient (Wildman–Crippen LogP) is 3.98. The number of hydrogen-bond donors (Lipinski definition) is 0. The van der Waals surface area contributed by atoms with Crippen molar-refractivity contribution >= 4 is 11.8 Å². The Morgan fingerprint density at radius 3 is 2.38 bits per heavy atom. The van der Waals surface area contributed by atoms with Crippen molar-refractivity contribution in [2.24, 2.45) is 0 Å². The van der Waals surface area contributed by atoms with Gasteiger partial charge in [0.05, 0.1) is 14.2 Å². The zero-order valence-electron chi connectivity index (χ0n) is 17.5. The Hall–Kier alpha value is -2.73. The fourth-order valence-corrected chi connectivity index (χ4v) is 3.52. The minimum absolute atomic E-state index is 0.0222. The van der Waals surface area contributed by atoms with Crippen molar-refractivity contribution in [2.45, 2.75) is 25.4 Å². The number of carbonyl (C=O) groups is 1. The summed E-state index contributed by atoms with van der Waals surface area (Å²) in [6, 6.07) is 15.5. The van der Waals surface area contributed by atoms with Gasteiger partial charge < -0.3 is 19.1 Å². The molecule has 156 valence electrons. The summed E-state index contributed by atoms with van der Waals surface area (Å²) in [4.78, 5) is 17.0. The highest BCUT2D eigenvalue weighted by Gasteiger charge is 2.24. The lowest BCUT2D eigenvalue weighted by molar-refractivity contribution is 0.0617. The van der Waals surface area contributed by atoms with Gasteiger partial charge in [0.15, 0.2) is 11.5 Å². The van der Waals surface area contributed by atoms with Crippen molar-refractivity contribution in [3.05, 3.63) is 54.1 Å². The highest BCUT2D eigenvalue weighted by atomic mass is 16.6. The Morgan fingerprint density at radius 2 is 1.72 bits per heavy atom. The number of rotatable bonds is 7. The smallest absolute Gasteiger partial charge is 0.414 e. The Balaban J connectivity index is 1.70. The van der Waals surface area contributed by atoms with E-state index in [-0.39, 0.29) is 12.2 Å². The first-order valence-corrected chi connectivity index (χ1v) is 10.0. The summed E-state index contributed by atoms with van der Waals surface area (Å²) >= 11 is 0. The molecule has 0 aliphatic carbocycles. The molecular weight excluding hydrogens is 368 g/mol. The van der Waals surface area contributed by atoms with Gasteiger partial charge in [-0.05, 0) is 56.1 Å². The van der Waals surface area contributed by atoms with E-state index in [4.69, 9.17) is 14.2 Å². The molecule has 3 rings (SSSR count). The number of amides is 1. The molecule has 0 spiro atoms. The molecule has 1 fully saturated rings. The molecule has 1 saturated heterocycles. The van der Waals surface area contributed by atoms with E-state index in [1.165, 1.54) is 0 Å². The van der Waals surface area contributed by atoms with Crippen LogP contribution in [-0.4, -0.2) is 58.0 Å². The van der Waals surface area contributed by atoms with Gasteiger partial charge >= 0.3 is 6.09 Å². The third-order valence-corrected chi connectivity index (χ3v) is 5.29. The molecule has 29 heavy (non-hydrogen) atoms. The number of methoxy groups -OCH3 is 2. The zero-order chi connectivity index (χ0) is 20.6. The molecule has 1 heterocycles. The summed E-state index contributed by atoms with van der Waals surface area (Å²) in [5.74, 6) is 1.38. The molecule has 0 radical (unpaired) electrons. The van der Waals surface area contributed by atoms with E-state index in [9.17, 15) is 4.79 Å². The largest absolute Gasteiger partial charge is 0.493 e. The van der Waals surface area contributed by atoms with Crippen molar-refractivity contribution in [1.82, 2.24) is 4.90 Å². The second-order valence-electron chi connectivity index (χ2n) is 7.31. The normalized spacial score (nSPS) is 15.0. The average molecular weight is 399 g/mol. The molecule has 0 saturated carbocycles. The minimum Gasteiger partial charge on any atom is -0.493 e. The van der Waals surface area contributed by atoms with Crippen LogP contribution in [0.25, 0.3) is 0 Å². The Morgan fingerprint density at radius 1 is 1.03 bits per heavy atom. The van der Waals surface area contributed by atoms with Crippen LogP contribution in [0.4, 0.5) is 10.5 Å². The maximum atomic E-state index is 13.0. The Labute approximate surface area is 173 Å². The topological polar surface area (TPSA) is 51.2 Å². The quantitative estimate of drug-likeness (QED) is 0.706. The maximum absolute atomic E-state index is 13.0. The van der Waals surface area contributed by atoms with E-state index in [2.05, 4.69) is 11.9 Å². The molecule has 1 aliphatic heterocycles. The molecule has 2 aromatic carbocycles. The van der Waals surface area contributed by atoms with Gasteiger partial charge in [-0.3, -0.25) is 4.90 Å². The first kappa shape index (κ1) is 21.0. The first-order valence-electron chi connectivity index (χ1n) is 10.0. The van der Waals surface area contributed by atoms with E-state index in [0.29, 0.717) is 24.5 Å². The lowest BCUT2D eigenvalue weighted by Crippen LogP contribution is -2.40. The number of piperidine rings is 1. The molecular formula is C23H30N2O4. The lowest BCUT2D eigenvalue weighted by atomic mass is 10.1. The molecule has 6 heteroatoms. The van der Waals surface area contributed by atoms with Gasteiger partial charge in [-0.2, -0.15) is 0 Å². The van der Waals surface area contributed by atoms with Gasteiger partial charge in [-0.1, -0.05) is 24.3 Å². The third-order valence-electron chi connectivity index (χ3n) is 5.29. The Bertz CT molecular complexity index is 789. The van der Waals surface area contributed by atoms with Crippen molar-refractivity contribution in [3.63, 3.8) is 0 Å². The van der Waals surface area contributed by atoms with Crippen molar-refractivity contribution in [3.8, 4) is 11.5 Å². The summed E-state index contributed by atoms with van der Waals surface area (Å²) in [7, 11) is 5.34. The number of likely N-dealkylation sites (tertiary alicyclic amines) is 1. The number of benzene rings is 2. The second-order valence-corrected chi connectivity index (χ2v) is 7.31. The van der Waals surface area contributed by atoms with Crippen molar-refractivity contribution < 1.29 is 19.0 Å². The summed E-state index contributed by atoms with van der Waals surface area (Å²) in [6.45, 7) is 2.43. The van der Waals surface area contributed by atoms with E-state index >= 15 is 0 Å². The van der Waals surface area contributed by atoms with Gasteiger partial charge in [-0.25, -0.2) is 4.79 Å². The number of hydrogen-bond acceptors (Lipinski definition) is 5. The van der Waals surface area contributed by atoms with E-state index in [1.54, 1.807) is 19.1 Å². The fraction of sp³-hybridized carbons (Fsp3) is 0.435. The number of ether oxygens (including phenoxy) is 3. The van der Waals surface area contributed by atoms with Crippen LogP contribution < -0.4 is 14.4 Å². The number of anilines is 1. The van der Waals surface area contributed by atoms with Crippen molar-refractivity contribution in [2.75, 3.05) is 45.8 Å². The fourth-order valence-electron chi connectivity index (χ4n) is 3.52.